The van der Waals surface area contributed by atoms with E-state index < -0.39 is 5.97 Å². The number of aryl methyl sites for hydroxylation is 1. The third kappa shape index (κ3) is 2.67. The minimum atomic E-state index is -0.861. The van der Waals surface area contributed by atoms with Gasteiger partial charge in [0, 0.05) is 0 Å². The summed E-state index contributed by atoms with van der Waals surface area (Å²) in [4.78, 5) is 10.7. The summed E-state index contributed by atoms with van der Waals surface area (Å²) in [5.41, 5.74) is 4.59. The van der Waals surface area contributed by atoms with Gasteiger partial charge in [0.05, 0.1) is 13.5 Å². The van der Waals surface area contributed by atoms with Crippen LogP contribution in [0.5, 0.6) is 5.75 Å². The van der Waals surface area contributed by atoms with E-state index >= 15 is 0 Å². The van der Waals surface area contributed by atoms with Crippen LogP contribution in [0.2, 0.25) is 0 Å². The van der Waals surface area contributed by atoms with E-state index in [0.29, 0.717) is 5.57 Å². The molecule has 0 radical (unpaired) electrons. The first-order chi connectivity index (χ1) is 7.88. The molecule has 17 heavy (non-hydrogen) atoms. The van der Waals surface area contributed by atoms with Crippen molar-refractivity contribution in [3.8, 4) is 5.75 Å². The molecule has 0 aromatic heterocycles. The standard InChI is InChI=1S/C14H18O3/c1-8(7-13(15)16)12-6-9(2)14(17-5)11(4)10(12)3/h6H,1,7H2,2-5H3,(H,15,16). The van der Waals surface area contributed by atoms with E-state index in [2.05, 4.69) is 6.58 Å². The van der Waals surface area contributed by atoms with E-state index in [1.54, 1.807) is 7.11 Å². The molecule has 1 aromatic carbocycles. The lowest BCUT2D eigenvalue weighted by Gasteiger charge is -2.16. The molecule has 0 aliphatic heterocycles. The molecular weight excluding hydrogens is 216 g/mol. The van der Waals surface area contributed by atoms with Gasteiger partial charge < -0.3 is 9.84 Å². The molecule has 1 aromatic rings. The maximum absolute atomic E-state index is 10.7. The third-order valence-electron chi connectivity index (χ3n) is 2.98. The summed E-state index contributed by atoms with van der Waals surface area (Å²) in [6, 6.07) is 1.94. The summed E-state index contributed by atoms with van der Waals surface area (Å²) in [6.45, 7) is 9.72. The molecule has 0 bridgehead atoms. The summed E-state index contributed by atoms with van der Waals surface area (Å²) < 4.78 is 5.33. The zero-order valence-electron chi connectivity index (χ0n) is 10.8. The van der Waals surface area contributed by atoms with Gasteiger partial charge in [-0.15, -0.1) is 0 Å². The van der Waals surface area contributed by atoms with E-state index in [1.807, 2.05) is 26.8 Å². The summed E-state index contributed by atoms with van der Waals surface area (Å²) in [6.07, 6.45) is -0.0357. The molecule has 3 nitrogen and oxygen atoms in total. The molecule has 0 atom stereocenters. The van der Waals surface area contributed by atoms with Gasteiger partial charge in [0.15, 0.2) is 0 Å². The fourth-order valence-corrected chi connectivity index (χ4v) is 2.02. The van der Waals surface area contributed by atoms with E-state index in [0.717, 1.165) is 28.0 Å². The van der Waals surface area contributed by atoms with Crippen molar-refractivity contribution in [1.82, 2.24) is 0 Å². The molecule has 0 aliphatic rings. The number of aliphatic carboxylic acids is 1. The van der Waals surface area contributed by atoms with E-state index in [9.17, 15) is 4.79 Å². The monoisotopic (exact) mass is 234 g/mol. The molecule has 0 aliphatic carbocycles. The summed E-state index contributed by atoms with van der Waals surface area (Å²) in [5.74, 6) is -0.00472. The van der Waals surface area contributed by atoms with Crippen LogP contribution >= 0.6 is 0 Å². The number of hydrogen-bond donors (Lipinski definition) is 1. The van der Waals surface area contributed by atoms with Gasteiger partial charge >= 0.3 is 5.97 Å². The van der Waals surface area contributed by atoms with E-state index in [4.69, 9.17) is 9.84 Å². The van der Waals surface area contributed by atoms with Gasteiger partial charge in [-0.1, -0.05) is 6.58 Å². The predicted molar refractivity (Wildman–Crippen MR) is 68.5 cm³/mol. The highest BCUT2D eigenvalue weighted by Gasteiger charge is 2.13. The van der Waals surface area contributed by atoms with Crippen LogP contribution in [0.4, 0.5) is 0 Å². The molecule has 0 saturated carbocycles. The first-order valence-electron chi connectivity index (χ1n) is 5.43. The van der Waals surface area contributed by atoms with Crippen LogP contribution in [0.15, 0.2) is 12.6 Å². The van der Waals surface area contributed by atoms with Crippen LogP contribution in [0.25, 0.3) is 5.57 Å². The maximum atomic E-state index is 10.7. The largest absolute Gasteiger partial charge is 0.496 e. The van der Waals surface area contributed by atoms with Gasteiger partial charge in [0.2, 0.25) is 0 Å². The van der Waals surface area contributed by atoms with E-state index in [-0.39, 0.29) is 6.42 Å². The number of benzene rings is 1. The summed E-state index contributed by atoms with van der Waals surface area (Å²) in [5, 5.41) is 8.79. The molecule has 0 amide bonds. The number of rotatable bonds is 4. The van der Waals surface area contributed by atoms with Crippen molar-refractivity contribution >= 4 is 11.5 Å². The van der Waals surface area contributed by atoms with Crippen LogP contribution in [-0.2, 0) is 4.79 Å². The SMILES string of the molecule is C=C(CC(=O)O)c1cc(C)c(OC)c(C)c1C. The quantitative estimate of drug-likeness (QED) is 0.870. The Kier molecular flexibility index (Phi) is 3.94. The Morgan fingerprint density at radius 1 is 1.35 bits per heavy atom. The summed E-state index contributed by atoms with van der Waals surface area (Å²) in [7, 11) is 1.64. The number of carbonyl (C=O) groups is 1. The lowest BCUT2D eigenvalue weighted by atomic mass is 9.93. The number of carboxylic acid groups (broad SMARTS) is 1. The van der Waals surface area contributed by atoms with Gasteiger partial charge in [-0.2, -0.15) is 0 Å². The average Bonchev–Trinajstić information content (AvgIpc) is 2.23. The highest BCUT2D eigenvalue weighted by atomic mass is 16.5. The minimum Gasteiger partial charge on any atom is -0.496 e. The summed E-state index contributed by atoms with van der Waals surface area (Å²) >= 11 is 0. The number of ether oxygens (including phenoxy) is 1. The fraction of sp³-hybridized carbons (Fsp3) is 0.357. The van der Waals surface area contributed by atoms with Crippen LogP contribution in [0, 0.1) is 20.8 Å². The zero-order chi connectivity index (χ0) is 13.2. The Bertz CT molecular complexity index is 473. The second kappa shape index (κ2) is 5.04. The Hall–Kier alpha value is -1.77. The van der Waals surface area contributed by atoms with Crippen molar-refractivity contribution in [3.05, 3.63) is 34.9 Å². The van der Waals surface area contributed by atoms with Gasteiger partial charge in [-0.05, 0) is 54.7 Å². The Balaban J connectivity index is 3.28. The van der Waals surface area contributed by atoms with Crippen molar-refractivity contribution in [1.29, 1.82) is 0 Å². The Morgan fingerprint density at radius 2 is 1.94 bits per heavy atom. The second-order valence-electron chi connectivity index (χ2n) is 4.20. The van der Waals surface area contributed by atoms with Crippen LogP contribution in [-0.4, -0.2) is 18.2 Å². The van der Waals surface area contributed by atoms with Gasteiger partial charge in [0.25, 0.3) is 0 Å². The second-order valence-corrected chi connectivity index (χ2v) is 4.20. The van der Waals surface area contributed by atoms with Crippen molar-refractivity contribution in [2.75, 3.05) is 7.11 Å². The number of methoxy groups -OCH3 is 1. The van der Waals surface area contributed by atoms with E-state index in [1.165, 1.54) is 0 Å². The topological polar surface area (TPSA) is 46.5 Å². The molecule has 0 fully saturated rings. The first-order valence-corrected chi connectivity index (χ1v) is 5.43. The van der Waals surface area contributed by atoms with Gasteiger partial charge in [-0.3, -0.25) is 4.79 Å². The molecule has 1 rings (SSSR count). The lowest BCUT2D eigenvalue weighted by Crippen LogP contribution is -2.01. The zero-order valence-corrected chi connectivity index (χ0v) is 10.8. The molecular formula is C14H18O3. The van der Waals surface area contributed by atoms with Crippen molar-refractivity contribution in [3.63, 3.8) is 0 Å². The van der Waals surface area contributed by atoms with Crippen molar-refractivity contribution in [2.45, 2.75) is 27.2 Å². The molecule has 0 unspecified atom stereocenters. The van der Waals surface area contributed by atoms with Crippen molar-refractivity contribution < 1.29 is 14.6 Å². The lowest BCUT2D eigenvalue weighted by molar-refractivity contribution is -0.135. The molecule has 92 valence electrons. The highest BCUT2D eigenvalue weighted by Crippen LogP contribution is 2.32. The molecule has 0 heterocycles. The number of hydrogen-bond acceptors (Lipinski definition) is 2. The highest BCUT2D eigenvalue weighted by molar-refractivity contribution is 5.84. The smallest absolute Gasteiger partial charge is 0.307 e. The third-order valence-corrected chi connectivity index (χ3v) is 2.98. The average molecular weight is 234 g/mol. The first kappa shape index (κ1) is 13.3. The predicted octanol–water partition coefficient (Wildman–Crippen LogP) is 3.11. The van der Waals surface area contributed by atoms with Crippen LogP contribution in [0.1, 0.15) is 28.7 Å². The molecule has 1 N–H and O–H groups in total. The number of carboxylic acids is 1. The van der Waals surface area contributed by atoms with Gasteiger partial charge in [-0.25, -0.2) is 0 Å². The Morgan fingerprint density at radius 3 is 2.41 bits per heavy atom. The fourth-order valence-electron chi connectivity index (χ4n) is 2.02. The molecule has 0 saturated heterocycles. The minimum absolute atomic E-state index is 0.0357. The molecule has 0 spiro atoms. The van der Waals surface area contributed by atoms with Gasteiger partial charge in [0.1, 0.15) is 5.75 Å². The van der Waals surface area contributed by atoms with Crippen molar-refractivity contribution in [2.24, 2.45) is 0 Å². The van der Waals surface area contributed by atoms with Crippen LogP contribution in [0.3, 0.4) is 0 Å². The maximum Gasteiger partial charge on any atom is 0.307 e. The normalized spacial score (nSPS) is 10.1. The molecule has 3 heteroatoms. The Labute approximate surface area is 102 Å². The van der Waals surface area contributed by atoms with Crippen LogP contribution < -0.4 is 4.74 Å².